The van der Waals surface area contributed by atoms with Gasteiger partial charge in [-0.3, -0.25) is 4.79 Å². The maximum Gasteiger partial charge on any atom is 0.233 e. The molecule has 5 nitrogen and oxygen atoms in total. The van der Waals surface area contributed by atoms with Crippen molar-refractivity contribution in [3.05, 3.63) is 29.8 Å². The molecule has 1 aliphatic rings. The van der Waals surface area contributed by atoms with Crippen LogP contribution in [0.5, 0.6) is 0 Å². The number of hydrogen-bond donors (Lipinski definition) is 2. The smallest absolute Gasteiger partial charge is 0.233 e. The van der Waals surface area contributed by atoms with Gasteiger partial charge in [-0.05, 0) is 43.7 Å². The zero-order valence-electron chi connectivity index (χ0n) is 16.4. The minimum absolute atomic E-state index is 0.0922. The normalized spacial score (nSPS) is 23.6. The van der Waals surface area contributed by atoms with Gasteiger partial charge in [-0.1, -0.05) is 68.0 Å². The standard InChI is InChI=1S/C20H28N4OS2/c1-12-9-7-11-17(14(12)3)21-18(25)15(4)26-20-24-23-19(27-20)22-16-10-6-5-8-13(16)2/h5-6,8,10,12,14-15,17H,7,9,11H2,1-4H3,(H,21,25)(H,22,23)/t12-,14-,15-,17-/m1/s1. The van der Waals surface area contributed by atoms with Crippen molar-refractivity contribution in [2.45, 2.75) is 62.6 Å². The van der Waals surface area contributed by atoms with Crippen LogP contribution in [0.1, 0.15) is 45.6 Å². The molecule has 0 spiro atoms. The molecule has 1 aliphatic carbocycles. The Labute approximate surface area is 169 Å². The summed E-state index contributed by atoms with van der Waals surface area (Å²) in [6.07, 6.45) is 3.54. The van der Waals surface area contributed by atoms with E-state index in [4.69, 9.17) is 0 Å². The third-order valence-corrected chi connectivity index (χ3v) is 7.50. The minimum atomic E-state index is -0.186. The average Bonchev–Trinajstić information content (AvgIpc) is 3.08. The molecule has 1 aromatic carbocycles. The first-order valence-electron chi connectivity index (χ1n) is 9.57. The molecule has 7 heteroatoms. The number of carbonyl (C=O) groups is 1. The van der Waals surface area contributed by atoms with E-state index in [2.05, 4.69) is 47.7 Å². The number of nitrogens with zero attached hydrogens (tertiary/aromatic N) is 2. The van der Waals surface area contributed by atoms with E-state index in [0.29, 0.717) is 11.8 Å². The summed E-state index contributed by atoms with van der Waals surface area (Å²) < 4.78 is 0.804. The largest absolute Gasteiger partial charge is 0.352 e. The highest BCUT2D eigenvalue weighted by atomic mass is 32.2. The Morgan fingerprint density at radius 3 is 2.81 bits per heavy atom. The fourth-order valence-electron chi connectivity index (χ4n) is 3.43. The molecule has 0 saturated heterocycles. The van der Waals surface area contributed by atoms with Gasteiger partial charge >= 0.3 is 0 Å². The molecule has 0 radical (unpaired) electrons. The molecule has 146 valence electrons. The van der Waals surface area contributed by atoms with Crippen LogP contribution in [0.25, 0.3) is 0 Å². The van der Waals surface area contributed by atoms with Crippen LogP contribution < -0.4 is 10.6 Å². The highest BCUT2D eigenvalue weighted by Crippen LogP contribution is 2.32. The fourth-order valence-corrected chi connectivity index (χ4v) is 5.34. The molecule has 0 bridgehead atoms. The van der Waals surface area contributed by atoms with Crippen LogP contribution in [0, 0.1) is 18.8 Å². The van der Waals surface area contributed by atoms with Gasteiger partial charge in [-0.2, -0.15) is 0 Å². The predicted molar refractivity (Wildman–Crippen MR) is 114 cm³/mol. The topological polar surface area (TPSA) is 66.9 Å². The highest BCUT2D eigenvalue weighted by molar-refractivity contribution is 8.02. The van der Waals surface area contributed by atoms with E-state index in [1.54, 1.807) is 0 Å². The number of rotatable bonds is 6. The van der Waals surface area contributed by atoms with E-state index in [0.717, 1.165) is 27.1 Å². The minimum Gasteiger partial charge on any atom is -0.352 e. The first kappa shape index (κ1) is 20.1. The number of thioether (sulfide) groups is 1. The van der Waals surface area contributed by atoms with Crippen LogP contribution in [0.2, 0.25) is 0 Å². The van der Waals surface area contributed by atoms with Crippen molar-refractivity contribution in [2.24, 2.45) is 11.8 Å². The number of carbonyl (C=O) groups excluding carboxylic acids is 1. The molecular weight excluding hydrogens is 376 g/mol. The molecule has 2 N–H and O–H groups in total. The van der Waals surface area contributed by atoms with Gasteiger partial charge in [-0.25, -0.2) is 0 Å². The second-order valence-electron chi connectivity index (χ2n) is 7.46. The molecule has 3 rings (SSSR count). The molecule has 1 saturated carbocycles. The Bertz CT molecular complexity index is 779. The van der Waals surface area contributed by atoms with E-state index < -0.39 is 0 Å². The summed E-state index contributed by atoms with van der Waals surface area (Å²) in [5.74, 6) is 1.30. The Morgan fingerprint density at radius 2 is 2.04 bits per heavy atom. The number of hydrogen-bond acceptors (Lipinski definition) is 6. The lowest BCUT2D eigenvalue weighted by Crippen LogP contribution is -2.46. The number of aromatic nitrogens is 2. The van der Waals surface area contributed by atoms with Crippen molar-refractivity contribution in [1.82, 2.24) is 15.5 Å². The summed E-state index contributed by atoms with van der Waals surface area (Å²) >= 11 is 2.95. The second kappa shape index (κ2) is 9.06. The van der Waals surface area contributed by atoms with E-state index >= 15 is 0 Å². The van der Waals surface area contributed by atoms with E-state index in [1.807, 2.05) is 25.1 Å². The summed E-state index contributed by atoms with van der Waals surface area (Å²) in [6.45, 7) is 8.53. The van der Waals surface area contributed by atoms with Gasteiger partial charge in [0.05, 0.1) is 5.25 Å². The molecule has 1 fully saturated rings. The Balaban J connectivity index is 1.55. The highest BCUT2D eigenvalue weighted by Gasteiger charge is 2.29. The van der Waals surface area contributed by atoms with E-state index in [1.165, 1.54) is 35.9 Å². The maximum atomic E-state index is 12.6. The van der Waals surface area contributed by atoms with Gasteiger partial charge in [-0.15, -0.1) is 10.2 Å². The van der Waals surface area contributed by atoms with Crippen molar-refractivity contribution in [3.8, 4) is 0 Å². The van der Waals surface area contributed by atoms with E-state index in [-0.39, 0.29) is 17.2 Å². The molecule has 27 heavy (non-hydrogen) atoms. The Hall–Kier alpha value is -1.60. The third kappa shape index (κ3) is 5.23. The lowest BCUT2D eigenvalue weighted by molar-refractivity contribution is -0.121. The summed E-state index contributed by atoms with van der Waals surface area (Å²) in [6, 6.07) is 8.36. The monoisotopic (exact) mass is 404 g/mol. The van der Waals surface area contributed by atoms with Gasteiger partial charge in [0.15, 0.2) is 4.34 Å². The molecule has 0 unspecified atom stereocenters. The maximum absolute atomic E-state index is 12.6. The fraction of sp³-hybridized carbons (Fsp3) is 0.550. The predicted octanol–water partition coefficient (Wildman–Crippen LogP) is 5.01. The van der Waals surface area contributed by atoms with Gasteiger partial charge in [0.2, 0.25) is 11.0 Å². The number of amides is 1. The lowest BCUT2D eigenvalue weighted by Gasteiger charge is -2.35. The number of benzene rings is 1. The summed E-state index contributed by atoms with van der Waals surface area (Å²) in [7, 11) is 0. The average molecular weight is 405 g/mol. The number of para-hydroxylation sites is 1. The SMILES string of the molecule is Cc1ccccc1Nc1nnc(S[C@H](C)C(=O)N[C@@H]2CCC[C@@H](C)[C@H]2C)s1. The first-order valence-corrected chi connectivity index (χ1v) is 11.3. The van der Waals surface area contributed by atoms with Crippen LogP contribution in [0.15, 0.2) is 28.6 Å². The van der Waals surface area contributed by atoms with Crippen LogP contribution >= 0.6 is 23.1 Å². The molecule has 1 heterocycles. The van der Waals surface area contributed by atoms with E-state index in [9.17, 15) is 4.79 Å². The summed E-state index contributed by atoms with van der Waals surface area (Å²) in [5, 5.41) is 15.5. The quantitative estimate of drug-likeness (QED) is 0.662. The molecule has 0 aliphatic heterocycles. The second-order valence-corrected chi connectivity index (χ2v) is 10.0. The Morgan fingerprint density at radius 1 is 1.26 bits per heavy atom. The lowest BCUT2D eigenvalue weighted by atomic mass is 9.78. The number of aryl methyl sites for hydroxylation is 1. The number of nitrogens with one attached hydrogen (secondary N) is 2. The van der Waals surface area contributed by atoms with Crippen molar-refractivity contribution in [3.63, 3.8) is 0 Å². The summed E-state index contributed by atoms with van der Waals surface area (Å²) in [5.41, 5.74) is 2.18. The zero-order chi connectivity index (χ0) is 19.4. The van der Waals surface area contributed by atoms with Gasteiger partial charge in [0.25, 0.3) is 0 Å². The zero-order valence-corrected chi connectivity index (χ0v) is 18.0. The van der Waals surface area contributed by atoms with Crippen molar-refractivity contribution in [2.75, 3.05) is 5.32 Å². The van der Waals surface area contributed by atoms with Gasteiger partial charge in [0.1, 0.15) is 0 Å². The first-order chi connectivity index (χ1) is 12.9. The third-order valence-electron chi connectivity index (χ3n) is 5.47. The molecule has 2 aromatic rings. The van der Waals surface area contributed by atoms with Crippen molar-refractivity contribution >= 4 is 39.8 Å². The Kier molecular flexibility index (Phi) is 6.76. The van der Waals surface area contributed by atoms with Gasteiger partial charge in [0, 0.05) is 11.7 Å². The molecular formula is C20H28N4OS2. The van der Waals surface area contributed by atoms with Crippen LogP contribution in [0.3, 0.4) is 0 Å². The van der Waals surface area contributed by atoms with Crippen molar-refractivity contribution in [1.29, 1.82) is 0 Å². The van der Waals surface area contributed by atoms with Crippen LogP contribution in [-0.4, -0.2) is 27.4 Å². The van der Waals surface area contributed by atoms with Crippen LogP contribution in [0.4, 0.5) is 10.8 Å². The van der Waals surface area contributed by atoms with Crippen molar-refractivity contribution < 1.29 is 4.79 Å². The molecule has 1 aromatic heterocycles. The molecule has 4 atom stereocenters. The molecule has 1 amide bonds. The summed E-state index contributed by atoms with van der Waals surface area (Å²) in [4.78, 5) is 12.6. The number of anilines is 2. The van der Waals surface area contributed by atoms with Gasteiger partial charge < -0.3 is 10.6 Å². The van der Waals surface area contributed by atoms with Crippen LogP contribution in [-0.2, 0) is 4.79 Å².